The lowest BCUT2D eigenvalue weighted by molar-refractivity contribution is 0.0697. The number of carbonyl (C=O) groups excluding carboxylic acids is 1. The Kier molecular flexibility index (Phi) is 6.87. The van der Waals surface area contributed by atoms with E-state index in [1.807, 2.05) is 42.5 Å². The van der Waals surface area contributed by atoms with Crippen LogP contribution in [0.5, 0.6) is 0 Å². The van der Waals surface area contributed by atoms with E-state index in [2.05, 4.69) is 0 Å². The lowest BCUT2D eigenvalue weighted by Crippen LogP contribution is -2.34. The number of amides is 1. The molecule has 0 unspecified atom stereocenters. The van der Waals surface area contributed by atoms with Crippen LogP contribution in [0.4, 0.5) is 10.5 Å². The molecule has 0 aliphatic rings. The first-order valence-corrected chi connectivity index (χ1v) is 9.47. The topological polar surface area (TPSA) is 66.8 Å². The second kappa shape index (κ2) is 9.75. The van der Waals surface area contributed by atoms with Gasteiger partial charge in [-0.15, -0.1) is 0 Å². The van der Waals surface area contributed by atoms with Crippen LogP contribution < -0.4 is 4.90 Å². The van der Waals surface area contributed by atoms with Crippen molar-refractivity contribution in [1.82, 2.24) is 0 Å². The number of benzene rings is 3. The summed E-state index contributed by atoms with van der Waals surface area (Å²) in [5.74, 6) is -1.10. The molecule has 0 bridgehead atoms. The van der Waals surface area contributed by atoms with E-state index >= 15 is 0 Å². The largest absolute Gasteiger partial charge is 0.478 e. The molecule has 0 spiro atoms. The zero-order chi connectivity index (χ0) is 20.6. The van der Waals surface area contributed by atoms with Crippen LogP contribution >= 0.6 is 11.6 Å². The van der Waals surface area contributed by atoms with Gasteiger partial charge in [0, 0.05) is 11.6 Å². The predicted octanol–water partition coefficient (Wildman–Crippen LogP) is 5.42. The second-order valence-corrected chi connectivity index (χ2v) is 6.83. The maximum absolute atomic E-state index is 12.9. The van der Waals surface area contributed by atoms with Crippen molar-refractivity contribution in [2.24, 2.45) is 0 Å². The van der Waals surface area contributed by atoms with Crippen molar-refractivity contribution in [2.45, 2.75) is 13.0 Å². The van der Waals surface area contributed by atoms with Crippen LogP contribution in [0.15, 0.2) is 78.9 Å². The number of hydrogen-bond acceptors (Lipinski definition) is 3. The molecule has 6 heteroatoms. The van der Waals surface area contributed by atoms with Crippen molar-refractivity contribution in [3.63, 3.8) is 0 Å². The third-order valence-electron chi connectivity index (χ3n) is 4.39. The molecule has 0 heterocycles. The first kappa shape index (κ1) is 20.4. The van der Waals surface area contributed by atoms with Crippen molar-refractivity contribution in [2.75, 3.05) is 11.4 Å². The zero-order valence-corrected chi connectivity index (χ0v) is 16.4. The van der Waals surface area contributed by atoms with Gasteiger partial charge in [0.2, 0.25) is 0 Å². The van der Waals surface area contributed by atoms with E-state index in [-0.39, 0.29) is 18.7 Å². The fourth-order valence-electron chi connectivity index (χ4n) is 2.89. The molecule has 29 heavy (non-hydrogen) atoms. The Balaban J connectivity index is 1.81. The molecule has 1 N–H and O–H groups in total. The van der Waals surface area contributed by atoms with E-state index in [4.69, 9.17) is 16.3 Å². The van der Waals surface area contributed by atoms with Gasteiger partial charge in [-0.1, -0.05) is 66.2 Å². The number of anilines is 1. The number of carboxylic acid groups (broad SMARTS) is 1. The van der Waals surface area contributed by atoms with Gasteiger partial charge in [0.1, 0.15) is 6.61 Å². The number of nitrogens with zero attached hydrogens (tertiary/aromatic N) is 1. The minimum absolute atomic E-state index is 0.0419. The maximum Gasteiger partial charge on any atom is 0.414 e. The summed E-state index contributed by atoms with van der Waals surface area (Å²) < 4.78 is 5.46. The fraction of sp³-hybridized carbons (Fsp3) is 0.130. The Bertz CT molecular complexity index is 974. The molecule has 5 nitrogen and oxygen atoms in total. The molecule has 0 saturated heterocycles. The van der Waals surface area contributed by atoms with E-state index in [0.29, 0.717) is 17.1 Å². The summed E-state index contributed by atoms with van der Waals surface area (Å²) in [6, 6.07) is 23.0. The summed E-state index contributed by atoms with van der Waals surface area (Å²) in [5, 5.41) is 10.2. The minimum Gasteiger partial charge on any atom is -0.478 e. The molecular weight excluding hydrogens is 390 g/mol. The SMILES string of the molecule is O=C(O)c1ccccc1N(CCc1ccc(Cl)cc1)C(=O)OCc1ccccc1. The van der Waals surface area contributed by atoms with Gasteiger partial charge in [-0.25, -0.2) is 9.59 Å². The molecule has 1 amide bonds. The molecular formula is C23H20ClNO4. The smallest absolute Gasteiger partial charge is 0.414 e. The van der Waals surface area contributed by atoms with E-state index in [9.17, 15) is 14.7 Å². The summed E-state index contributed by atoms with van der Waals surface area (Å²) in [4.78, 5) is 25.9. The molecule has 3 aromatic rings. The summed E-state index contributed by atoms with van der Waals surface area (Å²) in [5.41, 5.74) is 2.17. The highest BCUT2D eigenvalue weighted by atomic mass is 35.5. The van der Waals surface area contributed by atoms with E-state index in [1.54, 1.807) is 30.3 Å². The normalized spacial score (nSPS) is 10.4. The number of carbonyl (C=O) groups is 2. The molecule has 0 aliphatic carbocycles. The van der Waals surface area contributed by atoms with Gasteiger partial charge in [-0.2, -0.15) is 0 Å². The maximum atomic E-state index is 12.9. The third kappa shape index (κ3) is 5.59. The Morgan fingerprint density at radius 1 is 0.862 bits per heavy atom. The number of hydrogen-bond donors (Lipinski definition) is 1. The fourth-order valence-corrected chi connectivity index (χ4v) is 3.02. The van der Waals surface area contributed by atoms with Gasteiger partial charge in [-0.05, 0) is 41.8 Å². The van der Waals surface area contributed by atoms with E-state index < -0.39 is 12.1 Å². The van der Waals surface area contributed by atoms with Crippen LogP contribution in [0, 0.1) is 0 Å². The van der Waals surface area contributed by atoms with Crippen molar-refractivity contribution in [1.29, 1.82) is 0 Å². The molecule has 3 rings (SSSR count). The molecule has 3 aromatic carbocycles. The molecule has 0 saturated carbocycles. The van der Waals surface area contributed by atoms with Gasteiger partial charge < -0.3 is 9.84 Å². The quantitative estimate of drug-likeness (QED) is 0.565. The molecule has 0 radical (unpaired) electrons. The van der Waals surface area contributed by atoms with Crippen molar-refractivity contribution >= 4 is 29.4 Å². The zero-order valence-electron chi connectivity index (χ0n) is 15.6. The number of ether oxygens (including phenoxy) is 1. The van der Waals surface area contributed by atoms with Gasteiger partial charge in [-0.3, -0.25) is 4.90 Å². The summed E-state index contributed by atoms with van der Waals surface area (Å²) in [6.07, 6.45) is -0.0810. The minimum atomic E-state index is -1.10. The van der Waals surface area contributed by atoms with E-state index in [0.717, 1.165) is 11.1 Å². The van der Waals surface area contributed by atoms with Gasteiger partial charge in [0.25, 0.3) is 0 Å². The number of carboxylic acids is 1. The number of aromatic carboxylic acids is 1. The Morgan fingerprint density at radius 3 is 2.21 bits per heavy atom. The molecule has 0 aromatic heterocycles. The molecule has 148 valence electrons. The van der Waals surface area contributed by atoms with E-state index in [1.165, 1.54) is 11.0 Å². The predicted molar refractivity (Wildman–Crippen MR) is 113 cm³/mol. The number of halogens is 1. The van der Waals surface area contributed by atoms with Crippen LogP contribution in [0.1, 0.15) is 21.5 Å². The van der Waals surface area contributed by atoms with Crippen LogP contribution in [0.3, 0.4) is 0 Å². The Labute approximate surface area is 174 Å². The highest BCUT2D eigenvalue weighted by molar-refractivity contribution is 6.30. The second-order valence-electron chi connectivity index (χ2n) is 6.39. The average molecular weight is 410 g/mol. The Morgan fingerprint density at radius 2 is 1.52 bits per heavy atom. The number of rotatable bonds is 7. The standard InChI is InChI=1S/C23H20ClNO4/c24-19-12-10-17(11-13-19)14-15-25(21-9-5-4-8-20(21)22(26)27)23(28)29-16-18-6-2-1-3-7-18/h1-13H,14-16H2,(H,26,27). The molecule has 0 aliphatic heterocycles. The van der Waals surface area contributed by atoms with Crippen molar-refractivity contribution in [3.05, 3.63) is 101 Å². The lowest BCUT2D eigenvalue weighted by atomic mass is 10.1. The van der Waals surface area contributed by atoms with Gasteiger partial charge in [0.15, 0.2) is 0 Å². The first-order chi connectivity index (χ1) is 14.0. The number of para-hydroxylation sites is 1. The van der Waals surface area contributed by atoms with Crippen LogP contribution in [0.2, 0.25) is 5.02 Å². The van der Waals surface area contributed by atoms with Gasteiger partial charge >= 0.3 is 12.1 Å². The summed E-state index contributed by atoms with van der Waals surface area (Å²) >= 11 is 5.93. The lowest BCUT2D eigenvalue weighted by Gasteiger charge is -2.24. The van der Waals surface area contributed by atoms with Crippen molar-refractivity contribution in [3.8, 4) is 0 Å². The Hall–Kier alpha value is -3.31. The first-order valence-electron chi connectivity index (χ1n) is 9.09. The van der Waals surface area contributed by atoms with Gasteiger partial charge in [0.05, 0.1) is 11.3 Å². The highest BCUT2D eigenvalue weighted by Gasteiger charge is 2.22. The van der Waals surface area contributed by atoms with Crippen LogP contribution in [0.25, 0.3) is 0 Å². The third-order valence-corrected chi connectivity index (χ3v) is 4.64. The van der Waals surface area contributed by atoms with Crippen molar-refractivity contribution < 1.29 is 19.4 Å². The summed E-state index contributed by atoms with van der Waals surface area (Å²) in [7, 11) is 0. The highest BCUT2D eigenvalue weighted by Crippen LogP contribution is 2.23. The molecule has 0 fully saturated rings. The summed E-state index contributed by atoms with van der Waals surface area (Å²) in [6.45, 7) is 0.367. The molecule has 0 atom stereocenters. The average Bonchev–Trinajstić information content (AvgIpc) is 2.74. The monoisotopic (exact) mass is 409 g/mol. The van der Waals surface area contributed by atoms with Crippen LogP contribution in [-0.2, 0) is 17.8 Å². The van der Waals surface area contributed by atoms with Crippen LogP contribution in [-0.4, -0.2) is 23.7 Å².